The van der Waals surface area contributed by atoms with Crippen LogP contribution in [-0.4, -0.2) is 23.6 Å². The minimum Gasteiger partial charge on any atom is -0.312 e. The highest BCUT2D eigenvalue weighted by molar-refractivity contribution is 8.00. The maximum atomic E-state index is 3.54. The summed E-state index contributed by atoms with van der Waals surface area (Å²) in [6.45, 7) is 5.16. The zero-order valence-corrected chi connectivity index (χ0v) is 9.41. The lowest BCUT2D eigenvalue weighted by Gasteiger charge is -2.21. The van der Waals surface area contributed by atoms with E-state index in [0.717, 1.165) is 18.2 Å². The largest absolute Gasteiger partial charge is 0.312 e. The fraction of sp³-hybridized carbons (Fsp3) is 0.818. The second-order valence-corrected chi connectivity index (χ2v) is 4.69. The Balaban J connectivity index is 2.38. The van der Waals surface area contributed by atoms with Gasteiger partial charge in [0, 0.05) is 17.7 Å². The van der Waals surface area contributed by atoms with Gasteiger partial charge in [0.1, 0.15) is 0 Å². The van der Waals surface area contributed by atoms with Crippen molar-refractivity contribution in [3.8, 4) is 11.8 Å². The molecule has 0 spiro atoms. The van der Waals surface area contributed by atoms with Crippen molar-refractivity contribution in [3.05, 3.63) is 0 Å². The SMILES string of the molecule is CC#CCC(NCC)C1CCCS1. The van der Waals surface area contributed by atoms with Gasteiger partial charge in [0.15, 0.2) is 0 Å². The quantitative estimate of drug-likeness (QED) is 0.694. The van der Waals surface area contributed by atoms with Crippen LogP contribution >= 0.6 is 11.8 Å². The van der Waals surface area contributed by atoms with Gasteiger partial charge in [0.25, 0.3) is 0 Å². The summed E-state index contributed by atoms with van der Waals surface area (Å²) in [6.07, 6.45) is 3.77. The van der Waals surface area contributed by atoms with Crippen molar-refractivity contribution >= 4 is 11.8 Å². The van der Waals surface area contributed by atoms with Gasteiger partial charge in [-0.25, -0.2) is 0 Å². The molecular formula is C11H19NS. The molecule has 0 aromatic carbocycles. The van der Waals surface area contributed by atoms with Crippen LogP contribution in [0.4, 0.5) is 0 Å². The molecule has 0 amide bonds. The third-order valence-corrected chi connectivity index (χ3v) is 3.90. The van der Waals surface area contributed by atoms with Crippen LogP contribution < -0.4 is 5.32 Å². The molecule has 0 aliphatic carbocycles. The molecule has 0 radical (unpaired) electrons. The van der Waals surface area contributed by atoms with E-state index in [-0.39, 0.29) is 0 Å². The molecular weight excluding hydrogens is 178 g/mol. The highest BCUT2D eigenvalue weighted by atomic mass is 32.2. The van der Waals surface area contributed by atoms with E-state index in [1.807, 2.05) is 6.92 Å². The van der Waals surface area contributed by atoms with Crippen molar-refractivity contribution in [1.29, 1.82) is 0 Å². The predicted molar refractivity (Wildman–Crippen MR) is 61.0 cm³/mol. The molecule has 1 heterocycles. The van der Waals surface area contributed by atoms with E-state index in [2.05, 4.69) is 35.8 Å². The molecule has 74 valence electrons. The Morgan fingerprint density at radius 2 is 2.46 bits per heavy atom. The molecule has 0 bridgehead atoms. The third-order valence-electron chi connectivity index (χ3n) is 2.38. The van der Waals surface area contributed by atoms with Crippen LogP contribution in [-0.2, 0) is 0 Å². The lowest BCUT2D eigenvalue weighted by molar-refractivity contribution is 0.507. The van der Waals surface area contributed by atoms with E-state index < -0.39 is 0 Å². The van der Waals surface area contributed by atoms with Gasteiger partial charge >= 0.3 is 0 Å². The summed E-state index contributed by atoms with van der Waals surface area (Å²) in [6, 6.07) is 0.616. The molecule has 0 aromatic heterocycles. The van der Waals surface area contributed by atoms with E-state index >= 15 is 0 Å². The van der Waals surface area contributed by atoms with Gasteiger partial charge in [-0.05, 0) is 32.1 Å². The Hall–Kier alpha value is -0.130. The summed E-state index contributed by atoms with van der Waals surface area (Å²) in [5.74, 6) is 7.50. The Morgan fingerprint density at radius 1 is 1.62 bits per heavy atom. The molecule has 2 heteroatoms. The smallest absolute Gasteiger partial charge is 0.0295 e. The van der Waals surface area contributed by atoms with Crippen LogP contribution in [0.3, 0.4) is 0 Å². The van der Waals surface area contributed by atoms with E-state index in [1.165, 1.54) is 18.6 Å². The van der Waals surface area contributed by atoms with E-state index in [9.17, 15) is 0 Å². The zero-order valence-electron chi connectivity index (χ0n) is 8.60. The molecule has 1 aliphatic rings. The first kappa shape index (κ1) is 10.9. The molecule has 1 N–H and O–H groups in total. The minimum absolute atomic E-state index is 0.616. The number of hydrogen-bond acceptors (Lipinski definition) is 2. The molecule has 2 unspecified atom stereocenters. The number of hydrogen-bond donors (Lipinski definition) is 1. The molecule has 1 fully saturated rings. The number of thioether (sulfide) groups is 1. The summed E-state index contributed by atoms with van der Waals surface area (Å²) >= 11 is 2.11. The number of nitrogens with one attached hydrogen (secondary N) is 1. The van der Waals surface area contributed by atoms with Crippen molar-refractivity contribution in [1.82, 2.24) is 5.32 Å². The first-order chi connectivity index (χ1) is 6.38. The first-order valence-electron chi connectivity index (χ1n) is 5.13. The monoisotopic (exact) mass is 197 g/mol. The van der Waals surface area contributed by atoms with Crippen LogP contribution in [0.15, 0.2) is 0 Å². The van der Waals surface area contributed by atoms with Gasteiger partial charge in [-0.1, -0.05) is 6.92 Å². The van der Waals surface area contributed by atoms with Crippen molar-refractivity contribution in [3.63, 3.8) is 0 Å². The number of rotatable bonds is 4. The molecule has 1 nitrogen and oxygen atoms in total. The minimum atomic E-state index is 0.616. The van der Waals surface area contributed by atoms with Gasteiger partial charge in [-0.15, -0.1) is 11.8 Å². The maximum Gasteiger partial charge on any atom is 0.0295 e. The first-order valence-corrected chi connectivity index (χ1v) is 6.18. The lowest BCUT2D eigenvalue weighted by atomic mass is 10.1. The average Bonchev–Trinajstić information content (AvgIpc) is 2.65. The van der Waals surface area contributed by atoms with Gasteiger partial charge in [-0.3, -0.25) is 0 Å². The molecule has 1 saturated heterocycles. The Bertz CT molecular complexity index is 186. The Kier molecular flexibility index (Phi) is 5.34. The summed E-state index contributed by atoms with van der Waals surface area (Å²) in [7, 11) is 0. The van der Waals surface area contributed by atoms with E-state index in [0.29, 0.717) is 6.04 Å². The van der Waals surface area contributed by atoms with Crippen molar-refractivity contribution < 1.29 is 0 Å². The lowest BCUT2D eigenvalue weighted by Crippen LogP contribution is -2.36. The van der Waals surface area contributed by atoms with Gasteiger partial charge < -0.3 is 5.32 Å². The van der Waals surface area contributed by atoms with Crippen LogP contribution in [0, 0.1) is 11.8 Å². The standard InChI is InChI=1S/C11H19NS/c1-3-5-7-10(12-4-2)11-8-6-9-13-11/h10-12H,4,6-9H2,1-2H3. The maximum absolute atomic E-state index is 3.54. The normalized spacial score (nSPS) is 23.7. The molecule has 0 aromatic rings. The van der Waals surface area contributed by atoms with Crippen LogP contribution in [0.1, 0.15) is 33.1 Å². The topological polar surface area (TPSA) is 12.0 Å². The zero-order chi connectivity index (χ0) is 9.52. The van der Waals surface area contributed by atoms with Crippen LogP contribution in [0.25, 0.3) is 0 Å². The molecule has 13 heavy (non-hydrogen) atoms. The van der Waals surface area contributed by atoms with E-state index in [4.69, 9.17) is 0 Å². The molecule has 0 saturated carbocycles. The summed E-state index contributed by atoms with van der Waals surface area (Å²) < 4.78 is 0. The Morgan fingerprint density at radius 3 is 3.00 bits per heavy atom. The Labute approximate surface area is 86.1 Å². The molecule has 2 atom stereocenters. The second-order valence-electron chi connectivity index (χ2n) is 3.35. The fourth-order valence-corrected chi connectivity index (χ4v) is 3.12. The fourth-order valence-electron chi connectivity index (χ4n) is 1.73. The third kappa shape index (κ3) is 3.62. The summed E-state index contributed by atoms with van der Waals surface area (Å²) in [5.41, 5.74) is 0. The van der Waals surface area contributed by atoms with E-state index in [1.54, 1.807) is 0 Å². The van der Waals surface area contributed by atoms with Crippen molar-refractivity contribution in [2.45, 2.75) is 44.4 Å². The second kappa shape index (κ2) is 6.34. The highest BCUT2D eigenvalue weighted by Gasteiger charge is 2.23. The van der Waals surface area contributed by atoms with Gasteiger partial charge in [0.05, 0.1) is 0 Å². The average molecular weight is 197 g/mol. The molecule has 1 aliphatic heterocycles. The summed E-state index contributed by atoms with van der Waals surface area (Å²) in [4.78, 5) is 0. The van der Waals surface area contributed by atoms with Gasteiger partial charge in [0.2, 0.25) is 0 Å². The van der Waals surface area contributed by atoms with Crippen molar-refractivity contribution in [2.75, 3.05) is 12.3 Å². The molecule has 1 rings (SSSR count). The van der Waals surface area contributed by atoms with Crippen LogP contribution in [0.2, 0.25) is 0 Å². The summed E-state index contributed by atoms with van der Waals surface area (Å²) in [5, 5.41) is 4.34. The highest BCUT2D eigenvalue weighted by Crippen LogP contribution is 2.29. The van der Waals surface area contributed by atoms with Crippen LogP contribution in [0.5, 0.6) is 0 Å². The van der Waals surface area contributed by atoms with Gasteiger partial charge in [-0.2, -0.15) is 11.8 Å². The predicted octanol–water partition coefficient (Wildman–Crippen LogP) is 2.27. The van der Waals surface area contributed by atoms with Crippen molar-refractivity contribution in [2.24, 2.45) is 0 Å².